The molecule has 0 radical (unpaired) electrons. The average molecular weight is 331 g/mol. The van der Waals surface area contributed by atoms with E-state index in [2.05, 4.69) is 17.6 Å². The topological polar surface area (TPSA) is 91.2 Å². The predicted octanol–water partition coefficient (Wildman–Crippen LogP) is 2.54. The van der Waals surface area contributed by atoms with Crippen molar-refractivity contribution in [1.29, 1.82) is 5.26 Å². The summed E-state index contributed by atoms with van der Waals surface area (Å²) in [7, 11) is 0. The second-order valence-electron chi connectivity index (χ2n) is 5.46. The first-order chi connectivity index (χ1) is 11.7. The molecule has 0 aliphatic heterocycles. The molecule has 0 saturated carbocycles. The summed E-state index contributed by atoms with van der Waals surface area (Å²) < 4.78 is 5.12. The van der Waals surface area contributed by atoms with E-state index in [4.69, 9.17) is 10.00 Å². The number of nitrogens with zero attached hydrogens (tertiary/aromatic N) is 1. The number of amides is 2. The number of nitriles is 1. The number of hydrogen-bond donors (Lipinski definition) is 2. The number of carbonyl (C=O) groups excluding carboxylic acids is 2. The summed E-state index contributed by atoms with van der Waals surface area (Å²) in [5, 5.41) is 13.6. The lowest BCUT2D eigenvalue weighted by Crippen LogP contribution is -2.48. The van der Waals surface area contributed by atoms with Gasteiger partial charge in [-0.05, 0) is 12.0 Å². The predicted molar refractivity (Wildman–Crippen MR) is 91.2 cm³/mol. The first-order valence-electron chi connectivity index (χ1n) is 8.29. The Hall–Kier alpha value is -2.55. The minimum atomic E-state index is -0.774. The summed E-state index contributed by atoms with van der Waals surface area (Å²) in [6.07, 6.45) is 3.77. The molecular formula is C18H25N3O3. The molecule has 1 atom stereocenters. The third kappa shape index (κ3) is 8.18. The molecule has 0 spiro atoms. The zero-order valence-electron chi connectivity index (χ0n) is 14.1. The lowest BCUT2D eigenvalue weighted by atomic mass is 10.1. The summed E-state index contributed by atoms with van der Waals surface area (Å²) in [6.45, 7) is 2.35. The van der Waals surface area contributed by atoms with Gasteiger partial charge in [0, 0.05) is 6.42 Å². The maximum absolute atomic E-state index is 12.1. The van der Waals surface area contributed by atoms with Crippen LogP contribution in [-0.2, 0) is 16.0 Å². The SMILES string of the molecule is CCCCCCOC(=O)NC(Cc1ccccc1)C(=O)NCC#N. The van der Waals surface area contributed by atoms with Gasteiger partial charge >= 0.3 is 6.09 Å². The zero-order valence-corrected chi connectivity index (χ0v) is 14.1. The van der Waals surface area contributed by atoms with Crippen molar-refractivity contribution in [2.45, 2.75) is 45.1 Å². The van der Waals surface area contributed by atoms with Gasteiger partial charge < -0.3 is 15.4 Å². The number of benzene rings is 1. The Morgan fingerprint density at radius 1 is 1.21 bits per heavy atom. The van der Waals surface area contributed by atoms with Crippen molar-refractivity contribution in [2.75, 3.05) is 13.2 Å². The zero-order chi connectivity index (χ0) is 17.6. The van der Waals surface area contributed by atoms with Crippen LogP contribution in [0.4, 0.5) is 4.79 Å². The minimum absolute atomic E-state index is 0.0993. The number of carbonyl (C=O) groups is 2. The highest BCUT2D eigenvalue weighted by molar-refractivity contribution is 5.86. The Morgan fingerprint density at radius 3 is 2.62 bits per heavy atom. The molecule has 24 heavy (non-hydrogen) atoms. The van der Waals surface area contributed by atoms with Gasteiger partial charge in [0.2, 0.25) is 5.91 Å². The van der Waals surface area contributed by atoms with E-state index in [-0.39, 0.29) is 6.54 Å². The van der Waals surface area contributed by atoms with Gasteiger partial charge in [0.25, 0.3) is 0 Å². The normalized spacial score (nSPS) is 11.2. The van der Waals surface area contributed by atoms with E-state index < -0.39 is 18.0 Å². The van der Waals surface area contributed by atoms with Crippen molar-refractivity contribution in [3.05, 3.63) is 35.9 Å². The van der Waals surface area contributed by atoms with E-state index in [1.165, 1.54) is 0 Å². The van der Waals surface area contributed by atoms with Crippen LogP contribution >= 0.6 is 0 Å². The number of ether oxygens (including phenoxy) is 1. The van der Waals surface area contributed by atoms with Crippen LogP contribution in [-0.4, -0.2) is 31.2 Å². The quantitative estimate of drug-likeness (QED) is 0.509. The van der Waals surface area contributed by atoms with Crippen LogP contribution < -0.4 is 10.6 Å². The first-order valence-corrected chi connectivity index (χ1v) is 8.29. The fourth-order valence-corrected chi connectivity index (χ4v) is 2.19. The van der Waals surface area contributed by atoms with Gasteiger partial charge in [-0.3, -0.25) is 4.79 Å². The average Bonchev–Trinajstić information content (AvgIpc) is 2.59. The molecule has 0 saturated heterocycles. The van der Waals surface area contributed by atoms with Gasteiger partial charge in [-0.2, -0.15) is 5.26 Å². The van der Waals surface area contributed by atoms with E-state index in [1.54, 1.807) is 0 Å². The van der Waals surface area contributed by atoms with Gasteiger partial charge in [-0.15, -0.1) is 0 Å². The third-order valence-corrected chi connectivity index (χ3v) is 3.46. The second-order valence-corrected chi connectivity index (χ2v) is 5.46. The summed E-state index contributed by atoms with van der Waals surface area (Å²) >= 11 is 0. The smallest absolute Gasteiger partial charge is 0.407 e. The third-order valence-electron chi connectivity index (χ3n) is 3.46. The van der Waals surface area contributed by atoms with E-state index in [0.29, 0.717) is 13.0 Å². The van der Waals surface area contributed by atoms with Gasteiger partial charge in [-0.25, -0.2) is 4.79 Å². The van der Waals surface area contributed by atoms with E-state index in [9.17, 15) is 9.59 Å². The number of alkyl carbamates (subject to hydrolysis) is 1. The molecule has 0 aromatic heterocycles. The molecule has 0 aliphatic carbocycles. The largest absolute Gasteiger partial charge is 0.450 e. The standard InChI is InChI=1S/C18H25N3O3/c1-2-3-4-8-13-24-18(23)21-16(17(22)20-12-11-19)14-15-9-6-5-7-10-15/h5-7,9-10,16H,2-4,8,12-14H2,1H3,(H,20,22)(H,21,23). The molecule has 0 aliphatic rings. The Kier molecular flexibility index (Phi) is 9.70. The first kappa shape index (κ1) is 19.5. The number of unbranched alkanes of at least 4 members (excludes halogenated alkanes) is 3. The summed E-state index contributed by atoms with van der Waals surface area (Å²) in [5.74, 6) is -0.400. The Morgan fingerprint density at radius 2 is 1.96 bits per heavy atom. The Balaban J connectivity index is 2.53. The summed E-state index contributed by atoms with van der Waals surface area (Å²) in [4.78, 5) is 24.0. The minimum Gasteiger partial charge on any atom is -0.450 e. The van der Waals surface area contributed by atoms with Crippen molar-refractivity contribution >= 4 is 12.0 Å². The number of hydrogen-bond acceptors (Lipinski definition) is 4. The van der Waals surface area contributed by atoms with Crippen LogP contribution in [0.15, 0.2) is 30.3 Å². The molecular weight excluding hydrogens is 306 g/mol. The lowest BCUT2D eigenvalue weighted by Gasteiger charge is -2.17. The fraction of sp³-hybridized carbons (Fsp3) is 0.500. The Bertz CT molecular complexity index is 540. The lowest BCUT2D eigenvalue weighted by molar-refractivity contribution is -0.122. The molecule has 0 heterocycles. The van der Waals surface area contributed by atoms with Crippen LogP contribution in [0.2, 0.25) is 0 Å². The molecule has 130 valence electrons. The van der Waals surface area contributed by atoms with Crippen molar-refractivity contribution in [3.63, 3.8) is 0 Å². The van der Waals surface area contributed by atoms with Crippen LogP contribution in [0.25, 0.3) is 0 Å². The molecule has 1 aromatic carbocycles. The molecule has 2 N–H and O–H groups in total. The van der Waals surface area contributed by atoms with Crippen molar-refractivity contribution in [3.8, 4) is 6.07 Å². The molecule has 1 aromatic rings. The highest BCUT2D eigenvalue weighted by Crippen LogP contribution is 2.04. The molecule has 0 bridgehead atoms. The highest BCUT2D eigenvalue weighted by Gasteiger charge is 2.21. The molecule has 6 nitrogen and oxygen atoms in total. The fourth-order valence-electron chi connectivity index (χ4n) is 2.19. The van der Waals surface area contributed by atoms with E-state index >= 15 is 0 Å². The molecule has 1 rings (SSSR count). The van der Waals surface area contributed by atoms with Gasteiger partial charge in [0.15, 0.2) is 0 Å². The van der Waals surface area contributed by atoms with Gasteiger partial charge in [-0.1, -0.05) is 56.5 Å². The van der Waals surface area contributed by atoms with E-state index in [0.717, 1.165) is 31.2 Å². The maximum atomic E-state index is 12.1. The molecule has 0 fully saturated rings. The van der Waals surface area contributed by atoms with Crippen LogP contribution in [0.5, 0.6) is 0 Å². The maximum Gasteiger partial charge on any atom is 0.407 e. The van der Waals surface area contributed by atoms with Gasteiger partial charge in [0.05, 0.1) is 12.7 Å². The van der Waals surface area contributed by atoms with Crippen LogP contribution in [0.3, 0.4) is 0 Å². The summed E-state index contributed by atoms with van der Waals surface area (Å²) in [5.41, 5.74) is 0.915. The van der Waals surface area contributed by atoms with Gasteiger partial charge in [0.1, 0.15) is 12.6 Å². The monoisotopic (exact) mass is 331 g/mol. The van der Waals surface area contributed by atoms with Crippen molar-refractivity contribution in [1.82, 2.24) is 10.6 Å². The van der Waals surface area contributed by atoms with E-state index in [1.807, 2.05) is 36.4 Å². The molecule has 6 heteroatoms. The molecule has 2 amide bonds. The second kappa shape index (κ2) is 11.9. The summed E-state index contributed by atoms with van der Waals surface area (Å²) in [6, 6.07) is 10.4. The van der Waals surface area contributed by atoms with Crippen LogP contribution in [0, 0.1) is 11.3 Å². The highest BCUT2D eigenvalue weighted by atomic mass is 16.5. The van der Waals surface area contributed by atoms with Crippen LogP contribution in [0.1, 0.15) is 38.2 Å². The number of nitrogens with one attached hydrogen (secondary N) is 2. The van der Waals surface area contributed by atoms with Crippen molar-refractivity contribution < 1.29 is 14.3 Å². The molecule has 1 unspecified atom stereocenters. The van der Waals surface area contributed by atoms with Crippen molar-refractivity contribution in [2.24, 2.45) is 0 Å². The number of rotatable bonds is 10. The Labute approximate surface area is 143 Å².